The first-order chi connectivity index (χ1) is 8.37. The van der Waals surface area contributed by atoms with E-state index in [4.69, 9.17) is 0 Å². The van der Waals surface area contributed by atoms with Crippen LogP contribution in [-0.4, -0.2) is 15.8 Å². The van der Waals surface area contributed by atoms with E-state index in [2.05, 4.69) is 23.8 Å². The molecule has 2 aromatic rings. The maximum atomic E-state index is 12.1. The van der Waals surface area contributed by atoms with Gasteiger partial charge in [0.15, 0.2) is 5.78 Å². The second-order valence-electron chi connectivity index (χ2n) is 5.68. The fourth-order valence-electron chi connectivity index (χ4n) is 2.62. The third kappa shape index (κ3) is 1.61. The van der Waals surface area contributed by atoms with Gasteiger partial charge in [-0.2, -0.15) is 0 Å². The number of aromatic nitrogens is 2. The second-order valence-corrected chi connectivity index (χ2v) is 6.68. The Hall–Kier alpha value is -1.49. The summed E-state index contributed by atoms with van der Waals surface area (Å²) in [6.07, 6.45) is 1.31. The molecule has 0 unspecified atom stereocenters. The van der Waals surface area contributed by atoms with E-state index in [9.17, 15) is 9.59 Å². The number of nitrogens with zero attached hydrogens (tertiary/aromatic N) is 1. The van der Waals surface area contributed by atoms with E-state index in [1.54, 1.807) is 6.92 Å². The lowest BCUT2D eigenvalue weighted by Crippen LogP contribution is -2.26. The smallest absolute Gasteiger partial charge is 0.259 e. The third-order valence-electron chi connectivity index (χ3n) is 3.33. The van der Waals surface area contributed by atoms with Crippen molar-refractivity contribution >= 4 is 27.3 Å². The van der Waals surface area contributed by atoms with Gasteiger partial charge >= 0.3 is 0 Å². The van der Waals surface area contributed by atoms with Crippen LogP contribution in [0.1, 0.15) is 41.3 Å². The first kappa shape index (κ1) is 11.6. The van der Waals surface area contributed by atoms with Gasteiger partial charge in [-0.3, -0.25) is 9.59 Å². The van der Waals surface area contributed by atoms with Gasteiger partial charge in [0.05, 0.1) is 10.3 Å². The van der Waals surface area contributed by atoms with E-state index >= 15 is 0 Å². The molecule has 0 fully saturated rings. The van der Waals surface area contributed by atoms with Gasteiger partial charge in [0, 0.05) is 6.42 Å². The Morgan fingerprint density at radius 3 is 2.72 bits per heavy atom. The number of Topliss-reactive ketones (excluding diaryl/α,β-unsaturated/α-hetero) is 1. The monoisotopic (exact) mass is 262 g/mol. The van der Waals surface area contributed by atoms with E-state index in [0.29, 0.717) is 22.5 Å². The summed E-state index contributed by atoms with van der Waals surface area (Å²) in [5.74, 6) is 0.735. The van der Waals surface area contributed by atoms with Gasteiger partial charge in [0.2, 0.25) is 0 Å². The standard InChI is InChI=1S/C13H14N2O2S/c1-6-14-11(17)9-7-4-13(2,3)5-8(16)10(7)18-12(9)15-6/h4-5H2,1-3H3,(H,14,15,17). The lowest BCUT2D eigenvalue weighted by molar-refractivity contribution is 0.0918. The molecule has 0 amide bonds. The van der Waals surface area contributed by atoms with Crippen molar-refractivity contribution in [1.29, 1.82) is 0 Å². The largest absolute Gasteiger partial charge is 0.310 e. The van der Waals surface area contributed by atoms with Crippen molar-refractivity contribution in [2.75, 3.05) is 0 Å². The number of hydrogen-bond donors (Lipinski definition) is 1. The normalized spacial score (nSPS) is 18.1. The molecule has 3 rings (SSSR count). The van der Waals surface area contributed by atoms with Gasteiger partial charge < -0.3 is 4.98 Å². The summed E-state index contributed by atoms with van der Waals surface area (Å²) >= 11 is 1.36. The number of hydrogen-bond acceptors (Lipinski definition) is 4. The minimum Gasteiger partial charge on any atom is -0.310 e. The molecule has 0 spiro atoms. The number of aryl methyl sites for hydroxylation is 1. The number of aromatic amines is 1. The Morgan fingerprint density at radius 2 is 2.00 bits per heavy atom. The van der Waals surface area contributed by atoms with E-state index in [-0.39, 0.29) is 16.8 Å². The Morgan fingerprint density at radius 1 is 1.28 bits per heavy atom. The molecule has 0 saturated heterocycles. The molecule has 18 heavy (non-hydrogen) atoms. The highest BCUT2D eigenvalue weighted by molar-refractivity contribution is 7.20. The molecule has 0 atom stereocenters. The maximum absolute atomic E-state index is 12.1. The molecule has 0 saturated carbocycles. The molecule has 1 aliphatic carbocycles. The molecular formula is C13H14N2O2S. The SMILES string of the molecule is Cc1nc2sc3c(c2c(=O)[nH]1)CC(C)(C)CC3=O. The first-order valence-corrected chi connectivity index (χ1v) is 6.74. The Bertz CT molecular complexity index is 724. The molecule has 1 N–H and O–H groups in total. The number of rotatable bonds is 0. The van der Waals surface area contributed by atoms with Crippen molar-refractivity contribution < 1.29 is 4.79 Å². The average Bonchev–Trinajstić information content (AvgIpc) is 2.54. The zero-order valence-electron chi connectivity index (χ0n) is 10.6. The second kappa shape index (κ2) is 3.51. The minimum atomic E-state index is -0.125. The molecule has 1 aliphatic rings. The number of carbonyl (C=O) groups excluding carboxylic acids is 1. The Balaban J connectivity index is 2.39. The molecule has 4 nitrogen and oxygen atoms in total. The Labute approximate surface area is 108 Å². The first-order valence-electron chi connectivity index (χ1n) is 5.93. The molecular weight excluding hydrogens is 248 g/mol. The van der Waals surface area contributed by atoms with Crippen LogP contribution >= 0.6 is 11.3 Å². The van der Waals surface area contributed by atoms with Crippen molar-refractivity contribution in [1.82, 2.24) is 9.97 Å². The molecule has 0 bridgehead atoms. The van der Waals surface area contributed by atoms with E-state index in [1.807, 2.05) is 0 Å². The molecule has 0 aromatic carbocycles. The number of fused-ring (bicyclic) bond motifs is 3. The van der Waals surface area contributed by atoms with Gasteiger partial charge in [-0.05, 0) is 24.3 Å². The van der Waals surface area contributed by atoms with Gasteiger partial charge in [0.25, 0.3) is 5.56 Å². The zero-order valence-corrected chi connectivity index (χ0v) is 11.4. The van der Waals surface area contributed by atoms with E-state index < -0.39 is 0 Å². The number of nitrogens with one attached hydrogen (secondary N) is 1. The fourth-order valence-corrected chi connectivity index (χ4v) is 3.80. The zero-order chi connectivity index (χ0) is 13.1. The minimum absolute atomic E-state index is 0.0740. The summed E-state index contributed by atoms with van der Waals surface area (Å²) in [5, 5.41) is 0.613. The van der Waals surface area contributed by atoms with Crippen LogP contribution < -0.4 is 5.56 Å². The highest BCUT2D eigenvalue weighted by Gasteiger charge is 2.34. The van der Waals surface area contributed by atoms with Crippen LogP contribution in [0.2, 0.25) is 0 Å². The van der Waals surface area contributed by atoms with Gasteiger partial charge in [0.1, 0.15) is 10.7 Å². The fraction of sp³-hybridized carbons (Fsp3) is 0.462. The number of H-pyrrole nitrogens is 1. The van der Waals surface area contributed by atoms with Crippen molar-refractivity contribution in [3.8, 4) is 0 Å². The van der Waals surface area contributed by atoms with Crippen LogP contribution in [0.3, 0.4) is 0 Å². The lowest BCUT2D eigenvalue weighted by Gasteiger charge is -2.28. The summed E-state index contributed by atoms with van der Waals surface area (Å²) in [4.78, 5) is 32.7. The number of ketones is 1. The van der Waals surface area contributed by atoms with Gasteiger partial charge in [-0.25, -0.2) is 4.98 Å². The predicted molar refractivity (Wildman–Crippen MR) is 71.4 cm³/mol. The lowest BCUT2D eigenvalue weighted by atomic mass is 9.76. The quantitative estimate of drug-likeness (QED) is 0.793. The van der Waals surface area contributed by atoms with Crippen molar-refractivity contribution in [3.63, 3.8) is 0 Å². The van der Waals surface area contributed by atoms with Crippen LogP contribution in [0.5, 0.6) is 0 Å². The van der Waals surface area contributed by atoms with Crippen LogP contribution in [0.15, 0.2) is 4.79 Å². The summed E-state index contributed by atoms with van der Waals surface area (Å²) in [5.41, 5.74) is 0.695. The van der Waals surface area contributed by atoms with Crippen LogP contribution in [0, 0.1) is 12.3 Å². The molecule has 0 radical (unpaired) electrons. The van der Waals surface area contributed by atoms with Crippen molar-refractivity contribution in [2.45, 2.75) is 33.6 Å². The summed E-state index contributed by atoms with van der Waals surface area (Å²) in [6, 6.07) is 0. The van der Waals surface area contributed by atoms with Crippen molar-refractivity contribution in [3.05, 3.63) is 26.6 Å². The Kier molecular flexibility index (Phi) is 2.26. The van der Waals surface area contributed by atoms with E-state index in [0.717, 1.165) is 16.9 Å². The highest BCUT2D eigenvalue weighted by atomic mass is 32.1. The molecule has 0 aliphatic heterocycles. The predicted octanol–water partition coefficient (Wildman–Crippen LogP) is 2.45. The van der Waals surface area contributed by atoms with Gasteiger partial charge in [-0.15, -0.1) is 11.3 Å². The van der Waals surface area contributed by atoms with Crippen LogP contribution in [0.25, 0.3) is 10.2 Å². The topological polar surface area (TPSA) is 62.8 Å². The third-order valence-corrected chi connectivity index (χ3v) is 4.49. The molecule has 5 heteroatoms. The highest BCUT2D eigenvalue weighted by Crippen LogP contribution is 2.40. The summed E-state index contributed by atoms with van der Waals surface area (Å²) < 4.78 is 0. The molecule has 2 heterocycles. The van der Waals surface area contributed by atoms with E-state index in [1.165, 1.54) is 11.3 Å². The summed E-state index contributed by atoms with van der Waals surface area (Å²) in [6.45, 7) is 5.88. The van der Waals surface area contributed by atoms with Crippen LogP contribution in [-0.2, 0) is 6.42 Å². The summed E-state index contributed by atoms with van der Waals surface area (Å²) in [7, 11) is 0. The van der Waals surface area contributed by atoms with Crippen molar-refractivity contribution in [2.24, 2.45) is 5.41 Å². The average molecular weight is 262 g/mol. The van der Waals surface area contributed by atoms with Crippen LogP contribution in [0.4, 0.5) is 0 Å². The maximum Gasteiger partial charge on any atom is 0.259 e. The number of thiophene rings is 1. The van der Waals surface area contributed by atoms with Gasteiger partial charge in [-0.1, -0.05) is 13.8 Å². The molecule has 94 valence electrons. The number of carbonyl (C=O) groups is 1. The molecule has 2 aromatic heterocycles.